The van der Waals surface area contributed by atoms with Crippen LogP contribution in [-0.4, -0.2) is 27.2 Å². The van der Waals surface area contributed by atoms with E-state index < -0.39 is 11.5 Å². The number of esters is 1. The maximum absolute atomic E-state index is 12.3. The minimum absolute atomic E-state index is 0.133. The highest BCUT2D eigenvalue weighted by atomic mass is 16.5. The molecule has 6 nitrogen and oxygen atoms in total. The molecule has 6 heteroatoms. The Labute approximate surface area is 115 Å². The van der Waals surface area contributed by atoms with Gasteiger partial charge in [0.25, 0.3) is 5.56 Å². The van der Waals surface area contributed by atoms with Gasteiger partial charge in [-0.25, -0.2) is 9.78 Å². The fourth-order valence-corrected chi connectivity index (χ4v) is 2.10. The van der Waals surface area contributed by atoms with E-state index in [9.17, 15) is 14.7 Å². The molecule has 106 valence electrons. The molecular weight excluding hydrogens is 260 g/mol. The molecule has 0 bridgehead atoms. The number of aromatic hydroxyl groups is 1. The lowest BCUT2D eigenvalue weighted by Crippen LogP contribution is -2.28. The van der Waals surface area contributed by atoms with Crippen molar-refractivity contribution in [3.8, 4) is 5.75 Å². The molecule has 0 atom stereocenters. The van der Waals surface area contributed by atoms with Crippen LogP contribution in [0.2, 0.25) is 0 Å². The van der Waals surface area contributed by atoms with Crippen LogP contribution in [0.15, 0.2) is 17.1 Å². The quantitative estimate of drug-likeness (QED) is 0.861. The van der Waals surface area contributed by atoms with E-state index in [1.807, 2.05) is 6.92 Å². The van der Waals surface area contributed by atoms with Crippen LogP contribution in [0, 0.1) is 6.92 Å². The molecule has 0 saturated heterocycles. The SMILES string of the molecule is CCOC(=O)c1c(O)c2cc(C)cnc2n(CC)c1=O. The van der Waals surface area contributed by atoms with Crippen molar-refractivity contribution in [3.63, 3.8) is 0 Å². The predicted molar refractivity (Wildman–Crippen MR) is 74.0 cm³/mol. The molecule has 0 fully saturated rings. The largest absolute Gasteiger partial charge is 0.506 e. The molecular formula is C14H16N2O4. The van der Waals surface area contributed by atoms with Gasteiger partial charge in [0.05, 0.1) is 12.0 Å². The third-order valence-corrected chi connectivity index (χ3v) is 3.01. The molecule has 0 spiro atoms. The number of aromatic nitrogens is 2. The number of fused-ring (bicyclic) bond motifs is 1. The normalized spacial score (nSPS) is 10.8. The second-order valence-electron chi connectivity index (χ2n) is 4.38. The third-order valence-electron chi connectivity index (χ3n) is 3.01. The average molecular weight is 276 g/mol. The predicted octanol–water partition coefficient (Wildman–Crippen LogP) is 1.61. The molecule has 2 heterocycles. The molecule has 1 N–H and O–H groups in total. The molecule has 2 aromatic rings. The van der Waals surface area contributed by atoms with Crippen molar-refractivity contribution in [2.75, 3.05) is 6.61 Å². The molecule has 2 aromatic heterocycles. The molecule has 0 unspecified atom stereocenters. The van der Waals surface area contributed by atoms with Gasteiger partial charge in [-0.2, -0.15) is 0 Å². The van der Waals surface area contributed by atoms with E-state index in [0.29, 0.717) is 17.6 Å². The van der Waals surface area contributed by atoms with E-state index >= 15 is 0 Å². The van der Waals surface area contributed by atoms with Crippen molar-refractivity contribution >= 4 is 17.0 Å². The van der Waals surface area contributed by atoms with Gasteiger partial charge < -0.3 is 9.84 Å². The standard InChI is InChI=1S/C14H16N2O4/c1-4-16-12-9(6-8(3)7-15-12)11(17)10(13(16)18)14(19)20-5-2/h6-7,17H,4-5H2,1-3H3. The van der Waals surface area contributed by atoms with E-state index in [4.69, 9.17) is 4.74 Å². The van der Waals surface area contributed by atoms with E-state index in [-0.39, 0.29) is 17.9 Å². The molecule has 0 aliphatic rings. The van der Waals surface area contributed by atoms with Gasteiger partial charge in [-0.15, -0.1) is 0 Å². The number of rotatable bonds is 3. The number of nitrogens with zero attached hydrogens (tertiary/aromatic N) is 2. The van der Waals surface area contributed by atoms with Crippen LogP contribution >= 0.6 is 0 Å². The minimum Gasteiger partial charge on any atom is -0.506 e. The summed E-state index contributed by atoms with van der Waals surface area (Å²) in [6, 6.07) is 1.69. The highest BCUT2D eigenvalue weighted by Gasteiger charge is 2.23. The molecule has 0 amide bonds. The zero-order valence-corrected chi connectivity index (χ0v) is 11.6. The molecule has 0 aliphatic carbocycles. The smallest absolute Gasteiger partial charge is 0.347 e. The molecule has 20 heavy (non-hydrogen) atoms. The highest BCUT2D eigenvalue weighted by Crippen LogP contribution is 2.26. The van der Waals surface area contributed by atoms with Crippen molar-refractivity contribution in [3.05, 3.63) is 33.7 Å². The number of pyridine rings is 2. The third kappa shape index (κ3) is 2.13. The van der Waals surface area contributed by atoms with Gasteiger partial charge in [0.2, 0.25) is 0 Å². The van der Waals surface area contributed by atoms with Crippen LogP contribution in [-0.2, 0) is 11.3 Å². The second kappa shape index (κ2) is 5.32. The van der Waals surface area contributed by atoms with E-state index in [1.54, 1.807) is 26.1 Å². The van der Waals surface area contributed by atoms with Crippen LogP contribution in [0.25, 0.3) is 11.0 Å². The van der Waals surface area contributed by atoms with Crippen LogP contribution in [0.3, 0.4) is 0 Å². The van der Waals surface area contributed by atoms with Gasteiger partial charge in [-0.05, 0) is 32.4 Å². The summed E-state index contributed by atoms with van der Waals surface area (Å²) >= 11 is 0. The Morgan fingerprint density at radius 3 is 2.75 bits per heavy atom. The Bertz CT molecular complexity index is 734. The number of carbonyl (C=O) groups excluding carboxylic acids is 1. The monoisotopic (exact) mass is 276 g/mol. The maximum atomic E-state index is 12.3. The lowest BCUT2D eigenvalue weighted by Gasteiger charge is -2.12. The first-order chi connectivity index (χ1) is 9.51. The van der Waals surface area contributed by atoms with E-state index in [1.165, 1.54) is 4.57 Å². The van der Waals surface area contributed by atoms with Gasteiger partial charge in [0.15, 0.2) is 5.56 Å². The van der Waals surface area contributed by atoms with Crippen molar-refractivity contribution in [1.29, 1.82) is 0 Å². The number of hydrogen-bond donors (Lipinski definition) is 1. The summed E-state index contributed by atoms with van der Waals surface area (Å²) in [6.45, 7) is 5.71. The van der Waals surface area contributed by atoms with E-state index in [0.717, 1.165) is 5.56 Å². The molecule has 2 rings (SSSR count). The first-order valence-corrected chi connectivity index (χ1v) is 6.40. The fourth-order valence-electron chi connectivity index (χ4n) is 2.10. The maximum Gasteiger partial charge on any atom is 0.347 e. The molecule has 0 radical (unpaired) electrons. The van der Waals surface area contributed by atoms with Crippen molar-refractivity contribution in [2.24, 2.45) is 0 Å². The lowest BCUT2D eigenvalue weighted by atomic mass is 10.1. The summed E-state index contributed by atoms with van der Waals surface area (Å²) < 4.78 is 6.18. The van der Waals surface area contributed by atoms with Crippen LogP contribution in [0.5, 0.6) is 5.75 Å². The second-order valence-corrected chi connectivity index (χ2v) is 4.38. The highest BCUT2D eigenvalue weighted by molar-refractivity contribution is 5.98. The minimum atomic E-state index is -0.819. The first kappa shape index (κ1) is 14.0. The summed E-state index contributed by atoms with van der Waals surface area (Å²) in [5, 5.41) is 10.6. The Morgan fingerprint density at radius 1 is 1.45 bits per heavy atom. The first-order valence-electron chi connectivity index (χ1n) is 6.40. The van der Waals surface area contributed by atoms with Crippen LogP contribution in [0.4, 0.5) is 0 Å². The molecule has 0 aromatic carbocycles. The van der Waals surface area contributed by atoms with Gasteiger partial charge in [-0.3, -0.25) is 9.36 Å². The van der Waals surface area contributed by atoms with Gasteiger partial charge >= 0.3 is 5.97 Å². The summed E-state index contributed by atoms with van der Waals surface area (Å²) in [7, 11) is 0. The number of ether oxygens (including phenoxy) is 1. The topological polar surface area (TPSA) is 81.4 Å². The van der Waals surface area contributed by atoms with Crippen LogP contribution < -0.4 is 5.56 Å². The summed E-state index contributed by atoms with van der Waals surface area (Å²) in [5.74, 6) is -1.19. The fraction of sp³-hybridized carbons (Fsp3) is 0.357. The Hall–Kier alpha value is -2.37. The average Bonchev–Trinajstić information content (AvgIpc) is 2.40. The van der Waals surface area contributed by atoms with E-state index in [2.05, 4.69) is 4.98 Å². The zero-order valence-electron chi connectivity index (χ0n) is 11.6. The molecule has 0 aliphatic heterocycles. The van der Waals surface area contributed by atoms with Gasteiger partial charge in [-0.1, -0.05) is 0 Å². The Morgan fingerprint density at radius 2 is 2.15 bits per heavy atom. The van der Waals surface area contributed by atoms with Gasteiger partial charge in [0.1, 0.15) is 11.4 Å². The summed E-state index contributed by atoms with van der Waals surface area (Å²) in [6.07, 6.45) is 1.61. The lowest BCUT2D eigenvalue weighted by molar-refractivity contribution is 0.0520. The van der Waals surface area contributed by atoms with Crippen LogP contribution in [0.1, 0.15) is 29.8 Å². The molecule has 0 saturated carbocycles. The Balaban J connectivity index is 2.89. The van der Waals surface area contributed by atoms with Crippen molar-refractivity contribution < 1.29 is 14.6 Å². The van der Waals surface area contributed by atoms with Gasteiger partial charge in [0, 0.05) is 12.7 Å². The summed E-state index contributed by atoms with van der Waals surface area (Å²) in [5.41, 5.74) is 0.249. The summed E-state index contributed by atoms with van der Waals surface area (Å²) in [4.78, 5) is 28.3. The van der Waals surface area contributed by atoms with Crippen molar-refractivity contribution in [1.82, 2.24) is 9.55 Å². The number of aryl methyl sites for hydroxylation is 2. The number of carbonyl (C=O) groups is 1. The Kier molecular flexibility index (Phi) is 3.74. The number of hydrogen-bond acceptors (Lipinski definition) is 5. The zero-order chi connectivity index (χ0) is 14.9. The van der Waals surface area contributed by atoms with Crippen molar-refractivity contribution in [2.45, 2.75) is 27.3 Å².